The Morgan fingerprint density at radius 2 is 2.42 bits per heavy atom. The van der Waals surface area contributed by atoms with Gasteiger partial charge < -0.3 is 11.1 Å². The quantitative estimate of drug-likeness (QED) is 0.863. The van der Waals surface area contributed by atoms with Gasteiger partial charge in [-0.05, 0) is 29.8 Å². The minimum Gasteiger partial charge on any atom is -0.360 e. The number of nitrogens with two attached hydrogens (primary N) is 1. The van der Waals surface area contributed by atoms with Crippen LogP contribution in [0.25, 0.3) is 0 Å². The van der Waals surface area contributed by atoms with Crippen molar-refractivity contribution in [2.45, 2.75) is 19.4 Å². The Morgan fingerprint density at radius 1 is 1.75 bits per heavy atom. The molecule has 1 aromatic heterocycles. The Labute approximate surface area is 84.5 Å². The molecule has 3 nitrogen and oxygen atoms in total. The second kappa shape index (κ2) is 3.72. The molecule has 1 heterocycles. The summed E-state index contributed by atoms with van der Waals surface area (Å²) in [7, 11) is 0. The number of anilines is 1. The number of nitrogens with zero attached hydrogens (tertiary/aromatic N) is 1. The molecule has 0 spiro atoms. The number of nitrogens with one attached hydrogen (secondary N) is 1. The third-order valence-corrected chi connectivity index (χ3v) is 2.68. The zero-order valence-corrected chi connectivity index (χ0v) is 9.50. The van der Waals surface area contributed by atoms with E-state index in [0.717, 1.165) is 16.3 Å². The van der Waals surface area contributed by atoms with Crippen molar-refractivity contribution in [3.8, 4) is 0 Å². The van der Waals surface area contributed by atoms with Crippen LogP contribution in [0.1, 0.15) is 13.8 Å². The van der Waals surface area contributed by atoms with Crippen molar-refractivity contribution in [1.29, 1.82) is 0 Å². The first-order valence-corrected chi connectivity index (χ1v) is 5.28. The first-order valence-electron chi connectivity index (χ1n) is 3.61. The molecule has 0 aliphatic carbocycles. The van der Waals surface area contributed by atoms with Crippen molar-refractivity contribution in [1.82, 2.24) is 4.98 Å². The number of thiazole rings is 1. The van der Waals surface area contributed by atoms with Crippen LogP contribution in [-0.4, -0.2) is 17.1 Å². The monoisotopic (exact) mass is 249 g/mol. The maximum Gasteiger partial charge on any atom is 0.183 e. The molecule has 5 heteroatoms. The summed E-state index contributed by atoms with van der Waals surface area (Å²) in [6.07, 6.45) is 0. The fraction of sp³-hybridized carbons (Fsp3) is 0.571. The largest absolute Gasteiger partial charge is 0.360 e. The van der Waals surface area contributed by atoms with Crippen LogP contribution < -0.4 is 11.1 Å². The maximum absolute atomic E-state index is 5.79. The Hall–Kier alpha value is -0.130. The normalized spacial score (nSPS) is 11.7. The summed E-state index contributed by atoms with van der Waals surface area (Å²) in [5.41, 5.74) is 5.60. The highest BCUT2D eigenvalue weighted by atomic mass is 79.9. The number of aromatic nitrogens is 1. The lowest BCUT2D eigenvalue weighted by molar-refractivity contribution is 0.549. The van der Waals surface area contributed by atoms with Gasteiger partial charge in [0.2, 0.25) is 0 Å². The van der Waals surface area contributed by atoms with Crippen LogP contribution in [0.4, 0.5) is 5.13 Å². The molecular formula is C7H12BrN3S. The second-order valence-corrected chi connectivity index (χ2v) is 4.99. The Bertz CT molecular complexity index is 253. The van der Waals surface area contributed by atoms with E-state index in [9.17, 15) is 0 Å². The van der Waals surface area contributed by atoms with Crippen LogP contribution in [0.5, 0.6) is 0 Å². The molecular weight excluding hydrogens is 238 g/mol. The lowest BCUT2D eigenvalue weighted by atomic mass is 10.1. The Morgan fingerprint density at radius 3 is 2.83 bits per heavy atom. The molecule has 0 atom stereocenters. The van der Waals surface area contributed by atoms with Gasteiger partial charge in [0.15, 0.2) is 5.13 Å². The smallest absolute Gasteiger partial charge is 0.183 e. The highest BCUT2D eigenvalue weighted by Gasteiger charge is 2.10. The van der Waals surface area contributed by atoms with Crippen molar-refractivity contribution >= 4 is 32.4 Å². The zero-order valence-electron chi connectivity index (χ0n) is 7.10. The van der Waals surface area contributed by atoms with Crippen molar-refractivity contribution in [3.63, 3.8) is 0 Å². The molecule has 0 fully saturated rings. The molecule has 68 valence electrons. The van der Waals surface area contributed by atoms with E-state index in [1.165, 1.54) is 0 Å². The zero-order chi connectivity index (χ0) is 9.19. The van der Waals surface area contributed by atoms with Crippen molar-refractivity contribution in [2.24, 2.45) is 5.73 Å². The predicted octanol–water partition coefficient (Wildman–Crippen LogP) is 2.05. The molecule has 0 bridgehead atoms. The molecule has 0 amide bonds. The molecule has 3 N–H and O–H groups in total. The molecule has 0 radical (unpaired) electrons. The van der Waals surface area contributed by atoms with Gasteiger partial charge in [-0.3, -0.25) is 0 Å². The van der Waals surface area contributed by atoms with Gasteiger partial charge in [-0.25, -0.2) is 4.98 Å². The highest BCUT2D eigenvalue weighted by molar-refractivity contribution is 9.10. The third-order valence-electron chi connectivity index (χ3n) is 1.17. The first-order chi connectivity index (χ1) is 5.47. The lowest BCUT2D eigenvalue weighted by Gasteiger charge is -2.18. The van der Waals surface area contributed by atoms with E-state index in [4.69, 9.17) is 5.73 Å². The number of rotatable bonds is 3. The van der Waals surface area contributed by atoms with Crippen LogP contribution in [0, 0.1) is 0 Å². The van der Waals surface area contributed by atoms with E-state index < -0.39 is 0 Å². The van der Waals surface area contributed by atoms with Crippen LogP contribution in [-0.2, 0) is 0 Å². The Balaban J connectivity index is 2.44. The van der Waals surface area contributed by atoms with Crippen LogP contribution in [0.2, 0.25) is 0 Å². The van der Waals surface area contributed by atoms with Gasteiger partial charge >= 0.3 is 0 Å². The van der Waals surface area contributed by atoms with Gasteiger partial charge in [0.25, 0.3) is 0 Å². The van der Waals surface area contributed by atoms with E-state index in [0.29, 0.717) is 0 Å². The lowest BCUT2D eigenvalue weighted by Crippen LogP contribution is -2.39. The fourth-order valence-electron chi connectivity index (χ4n) is 0.639. The Kier molecular flexibility index (Phi) is 3.09. The van der Waals surface area contributed by atoms with Gasteiger partial charge in [-0.1, -0.05) is 0 Å². The standard InChI is InChI=1S/C7H12BrN3S/c1-7(2,9)4-10-6-11-5(8)3-12-6/h3H,4,9H2,1-2H3,(H,10,11). The van der Waals surface area contributed by atoms with Gasteiger partial charge in [-0.2, -0.15) is 0 Å². The molecule has 0 unspecified atom stereocenters. The molecule has 0 aliphatic rings. The van der Waals surface area contributed by atoms with Gasteiger partial charge in [0.1, 0.15) is 4.60 Å². The predicted molar refractivity (Wildman–Crippen MR) is 56.6 cm³/mol. The van der Waals surface area contributed by atoms with Crippen molar-refractivity contribution in [2.75, 3.05) is 11.9 Å². The van der Waals surface area contributed by atoms with Crippen molar-refractivity contribution in [3.05, 3.63) is 9.98 Å². The maximum atomic E-state index is 5.79. The van der Waals surface area contributed by atoms with E-state index in [1.54, 1.807) is 11.3 Å². The first kappa shape index (κ1) is 9.95. The molecule has 0 saturated heterocycles. The van der Waals surface area contributed by atoms with Gasteiger partial charge in [0.05, 0.1) is 0 Å². The van der Waals surface area contributed by atoms with E-state index in [-0.39, 0.29) is 5.54 Å². The average Bonchev–Trinajstić information content (AvgIpc) is 2.30. The number of halogens is 1. The average molecular weight is 250 g/mol. The van der Waals surface area contributed by atoms with E-state index in [1.807, 2.05) is 19.2 Å². The molecule has 1 aromatic rings. The summed E-state index contributed by atoms with van der Waals surface area (Å²) in [4.78, 5) is 4.18. The SMILES string of the molecule is CC(C)(N)CNc1nc(Br)cs1. The van der Waals surface area contributed by atoms with Crippen molar-refractivity contribution < 1.29 is 0 Å². The van der Waals surface area contributed by atoms with E-state index >= 15 is 0 Å². The topological polar surface area (TPSA) is 50.9 Å². The van der Waals surface area contributed by atoms with Crippen LogP contribution >= 0.6 is 27.3 Å². The summed E-state index contributed by atoms with van der Waals surface area (Å²) < 4.78 is 0.866. The minimum absolute atomic E-state index is 0.196. The molecule has 0 aromatic carbocycles. The van der Waals surface area contributed by atoms with Gasteiger partial charge in [0, 0.05) is 17.5 Å². The minimum atomic E-state index is -0.196. The summed E-state index contributed by atoms with van der Waals surface area (Å²) in [6.45, 7) is 4.68. The van der Waals surface area contributed by atoms with Crippen LogP contribution in [0.15, 0.2) is 9.98 Å². The molecule has 12 heavy (non-hydrogen) atoms. The number of hydrogen-bond donors (Lipinski definition) is 2. The summed E-state index contributed by atoms with van der Waals surface area (Å²) in [5.74, 6) is 0. The summed E-state index contributed by atoms with van der Waals surface area (Å²) >= 11 is 4.85. The second-order valence-electron chi connectivity index (χ2n) is 3.32. The summed E-state index contributed by atoms with van der Waals surface area (Å²) in [6, 6.07) is 0. The molecule has 1 rings (SSSR count). The van der Waals surface area contributed by atoms with Gasteiger partial charge in [-0.15, -0.1) is 11.3 Å². The highest BCUT2D eigenvalue weighted by Crippen LogP contribution is 2.19. The third kappa shape index (κ3) is 3.51. The summed E-state index contributed by atoms with van der Waals surface area (Å²) in [5, 5.41) is 6.00. The van der Waals surface area contributed by atoms with E-state index in [2.05, 4.69) is 26.2 Å². The number of hydrogen-bond acceptors (Lipinski definition) is 4. The fourth-order valence-corrected chi connectivity index (χ4v) is 1.78. The molecule has 0 saturated carbocycles. The van der Waals surface area contributed by atoms with Crippen LogP contribution in [0.3, 0.4) is 0 Å². The molecule has 0 aliphatic heterocycles.